The lowest BCUT2D eigenvalue weighted by molar-refractivity contribution is -0.114. The second kappa shape index (κ2) is 9.46. The van der Waals surface area contributed by atoms with E-state index < -0.39 is 5.95 Å². The van der Waals surface area contributed by atoms with Gasteiger partial charge in [0, 0.05) is 76.6 Å². The highest BCUT2D eigenvalue weighted by Gasteiger charge is 2.32. The van der Waals surface area contributed by atoms with Crippen molar-refractivity contribution in [1.82, 2.24) is 19.8 Å². The molecule has 2 saturated heterocycles. The number of nitrogens with one attached hydrogen (secondary N) is 1. The molecule has 1 amide bonds. The van der Waals surface area contributed by atoms with Crippen LogP contribution in [0, 0.1) is 5.95 Å². The fourth-order valence-corrected chi connectivity index (χ4v) is 4.98. The number of rotatable bonds is 6. The monoisotopic (exact) mass is 448 g/mol. The number of thiazole rings is 1. The number of piperazine rings is 1. The number of anilines is 2. The molecule has 4 rings (SSSR count). The van der Waals surface area contributed by atoms with Crippen molar-refractivity contribution in [2.75, 3.05) is 50.0 Å². The van der Waals surface area contributed by atoms with E-state index >= 15 is 0 Å². The standard InChI is InChI=1S/C21H29FN6O2S/c1-14-10-17(12-28(14)13-18-20(22)25-21(31-18)24-15(2)29)30-19-11-16(4-5-23-19)27-8-6-26(3)7-9-27/h4-5,11,14,17H,6-10,12-13H2,1-3H3,(H,24,25,29)/t14-,17+/m0/s1. The molecule has 2 aliphatic heterocycles. The van der Waals surface area contributed by atoms with Crippen LogP contribution in [0.2, 0.25) is 0 Å². The molecule has 0 radical (unpaired) electrons. The molecule has 2 aliphatic rings. The largest absolute Gasteiger partial charge is 0.473 e. The third-order valence-corrected chi connectivity index (χ3v) is 6.75. The molecule has 2 aromatic rings. The predicted octanol–water partition coefficient (Wildman–Crippen LogP) is 2.43. The molecule has 0 aromatic carbocycles. The Morgan fingerprint density at radius 2 is 2.13 bits per heavy atom. The first kappa shape index (κ1) is 21.9. The molecular formula is C21H29FN6O2S. The van der Waals surface area contributed by atoms with Gasteiger partial charge in [-0.3, -0.25) is 9.69 Å². The van der Waals surface area contributed by atoms with Gasteiger partial charge in [-0.05, 0) is 20.0 Å². The number of aromatic nitrogens is 2. The van der Waals surface area contributed by atoms with Gasteiger partial charge in [0.15, 0.2) is 5.13 Å². The summed E-state index contributed by atoms with van der Waals surface area (Å²) in [4.78, 5) is 26.8. The SMILES string of the molecule is CC(=O)Nc1nc(F)c(CN2C[C@H](Oc3cc(N4CCN(C)CC4)ccn3)C[C@@H]2C)s1. The van der Waals surface area contributed by atoms with Crippen LogP contribution in [-0.4, -0.2) is 77.6 Å². The van der Waals surface area contributed by atoms with Crippen molar-refractivity contribution in [3.05, 3.63) is 29.2 Å². The molecule has 4 heterocycles. The van der Waals surface area contributed by atoms with Gasteiger partial charge in [-0.1, -0.05) is 11.3 Å². The minimum atomic E-state index is -0.521. The Bertz CT molecular complexity index is 917. The maximum absolute atomic E-state index is 14.2. The second-order valence-corrected chi connectivity index (χ2v) is 9.39. The van der Waals surface area contributed by atoms with Crippen molar-refractivity contribution in [2.24, 2.45) is 0 Å². The Labute approximate surface area is 186 Å². The number of carbonyl (C=O) groups excluding carboxylic acids is 1. The number of hydrogen-bond acceptors (Lipinski definition) is 8. The van der Waals surface area contributed by atoms with E-state index in [1.807, 2.05) is 12.1 Å². The van der Waals surface area contributed by atoms with Gasteiger partial charge in [-0.15, -0.1) is 0 Å². The molecule has 2 atom stereocenters. The zero-order valence-electron chi connectivity index (χ0n) is 18.2. The maximum atomic E-state index is 14.2. The number of halogens is 1. The molecule has 31 heavy (non-hydrogen) atoms. The highest BCUT2D eigenvalue weighted by Crippen LogP contribution is 2.29. The van der Waals surface area contributed by atoms with Crippen molar-refractivity contribution < 1.29 is 13.9 Å². The van der Waals surface area contributed by atoms with Gasteiger partial charge >= 0.3 is 0 Å². The summed E-state index contributed by atoms with van der Waals surface area (Å²) in [6.07, 6.45) is 2.64. The first-order valence-electron chi connectivity index (χ1n) is 10.6. The number of nitrogens with zero attached hydrogens (tertiary/aromatic N) is 5. The van der Waals surface area contributed by atoms with Crippen LogP contribution in [0.15, 0.2) is 18.3 Å². The number of pyridine rings is 1. The van der Waals surface area contributed by atoms with E-state index in [2.05, 4.69) is 44.0 Å². The Kier molecular flexibility index (Phi) is 6.68. The number of ether oxygens (including phenoxy) is 1. The van der Waals surface area contributed by atoms with Gasteiger partial charge in [0.05, 0.1) is 4.88 Å². The van der Waals surface area contributed by atoms with Crippen LogP contribution in [0.25, 0.3) is 0 Å². The summed E-state index contributed by atoms with van der Waals surface area (Å²) in [7, 11) is 2.14. The highest BCUT2D eigenvalue weighted by molar-refractivity contribution is 7.15. The Balaban J connectivity index is 1.36. The average Bonchev–Trinajstić information content (AvgIpc) is 3.23. The van der Waals surface area contributed by atoms with Gasteiger partial charge in [0.25, 0.3) is 0 Å². The van der Waals surface area contributed by atoms with Crippen LogP contribution in [-0.2, 0) is 11.3 Å². The van der Waals surface area contributed by atoms with Crippen LogP contribution < -0.4 is 15.0 Å². The van der Waals surface area contributed by atoms with Crippen LogP contribution in [0.5, 0.6) is 5.88 Å². The van der Waals surface area contributed by atoms with E-state index in [-0.39, 0.29) is 18.1 Å². The molecule has 2 aromatic heterocycles. The second-order valence-electron chi connectivity index (χ2n) is 8.31. The summed E-state index contributed by atoms with van der Waals surface area (Å²) in [5.41, 5.74) is 1.14. The summed E-state index contributed by atoms with van der Waals surface area (Å²) in [6, 6.07) is 4.29. The zero-order valence-corrected chi connectivity index (χ0v) is 19.0. The third kappa shape index (κ3) is 5.50. The van der Waals surface area contributed by atoms with E-state index in [1.54, 1.807) is 6.20 Å². The Morgan fingerprint density at radius 3 is 2.87 bits per heavy atom. The van der Waals surface area contributed by atoms with Gasteiger partial charge < -0.3 is 19.9 Å². The number of amides is 1. The van der Waals surface area contributed by atoms with E-state index in [9.17, 15) is 9.18 Å². The van der Waals surface area contributed by atoms with Gasteiger partial charge in [0.1, 0.15) is 6.10 Å². The fraction of sp³-hybridized carbons (Fsp3) is 0.571. The molecular weight excluding hydrogens is 419 g/mol. The lowest BCUT2D eigenvalue weighted by Crippen LogP contribution is -2.44. The van der Waals surface area contributed by atoms with Crippen LogP contribution in [0.3, 0.4) is 0 Å². The number of likely N-dealkylation sites (N-methyl/N-ethyl adjacent to an activating group) is 1. The van der Waals surface area contributed by atoms with Crippen LogP contribution in [0.1, 0.15) is 25.1 Å². The molecule has 168 valence electrons. The lowest BCUT2D eigenvalue weighted by Gasteiger charge is -2.34. The van der Waals surface area contributed by atoms with Crippen molar-refractivity contribution in [3.63, 3.8) is 0 Å². The summed E-state index contributed by atoms with van der Waals surface area (Å²) in [5.74, 6) is -0.145. The van der Waals surface area contributed by atoms with Crippen molar-refractivity contribution in [2.45, 2.75) is 39.0 Å². The van der Waals surface area contributed by atoms with E-state index in [0.29, 0.717) is 29.0 Å². The maximum Gasteiger partial charge on any atom is 0.230 e. The molecule has 2 fully saturated rings. The summed E-state index contributed by atoms with van der Waals surface area (Å²) in [6.45, 7) is 8.72. The smallest absolute Gasteiger partial charge is 0.230 e. The molecule has 0 bridgehead atoms. The number of likely N-dealkylation sites (tertiary alicyclic amines) is 1. The first-order valence-corrected chi connectivity index (χ1v) is 11.4. The minimum absolute atomic E-state index is 0.00367. The predicted molar refractivity (Wildman–Crippen MR) is 119 cm³/mol. The summed E-state index contributed by atoms with van der Waals surface area (Å²) < 4.78 is 20.4. The lowest BCUT2D eigenvalue weighted by atomic mass is 10.2. The van der Waals surface area contributed by atoms with E-state index in [1.165, 1.54) is 18.3 Å². The Morgan fingerprint density at radius 1 is 1.35 bits per heavy atom. The first-order chi connectivity index (χ1) is 14.9. The third-order valence-electron chi connectivity index (χ3n) is 5.82. The molecule has 0 unspecified atom stereocenters. The zero-order chi connectivity index (χ0) is 22.0. The summed E-state index contributed by atoms with van der Waals surface area (Å²) in [5, 5.41) is 2.84. The van der Waals surface area contributed by atoms with Gasteiger partial charge in [-0.2, -0.15) is 9.37 Å². The highest BCUT2D eigenvalue weighted by atomic mass is 32.1. The molecule has 0 spiro atoms. The average molecular weight is 449 g/mol. The topological polar surface area (TPSA) is 73.8 Å². The minimum Gasteiger partial charge on any atom is -0.473 e. The van der Waals surface area contributed by atoms with Crippen molar-refractivity contribution in [3.8, 4) is 5.88 Å². The van der Waals surface area contributed by atoms with E-state index in [0.717, 1.165) is 38.3 Å². The molecule has 1 N–H and O–H groups in total. The van der Waals surface area contributed by atoms with Gasteiger partial charge in [0.2, 0.25) is 17.7 Å². The number of carbonyl (C=O) groups is 1. The van der Waals surface area contributed by atoms with Crippen molar-refractivity contribution in [1.29, 1.82) is 0 Å². The normalized spacial score (nSPS) is 22.6. The Hall–Kier alpha value is -2.30. The van der Waals surface area contributed by atoms with Gasteiger partial charge in [-0.25, -0.2) is 4.98 Å². The summed E-state index contributed by atoms with van der Waals surface area (Å²) >= 11 is 1.18. The van der Waals surface area contributed by atoms with Crippen LogP contribution in [0.4, 0.5) is 15.2 Å². The molecule has 10 heteroatoms. The van der Waals surface area contributed by atoms with Crippen molar-refractivity contribution >= 4 is 28.1 Å². The fourth-order valence-electron chi connectivity index (χ4n) is 4.07. The van der Waals surface area contributed by atoms with E-state index in [4.69, 9.17) is 4.74 Å². The molecule has 0 aliphatic carbocycles. The van der Waals surface area contributed by atoms with Crippen LogP contribution >= 0.6 is 11.3 Å². The number of hydrogen-bond donors (Lipinski definition) is 1. The quantitative estimate of drug-likeness (QED) is 0.728. The molecule has 0 saturated carbocycles. The molecule has 8 nitrogen and oxygen atoms in total.